The molecule has 3 aromatic heterocycles. The van der Waals surface area contributed by atoms with Crippen LogP contribution in [0.5, 0.6) is 0 Å². The van der Waals surface area contributed by atoms with Crippen molar-refractivity contribution in [2.45, 2.75) is 18.9 Å². The van der Waals surface area contributed by atoms with Gasteiger partial charge in [0.05, 0.1) is 0 Å². The van der Waals surface area contributed by atoms with E-state index in [4.69, 9.17) is 0 Å². The summed E-state index contributed by atoms with van der Waals surface area (Å²) in [5.41, 5.74) is 3.07. The fourth-order valence-corrected chi connectivity index (χ4v) is 3.71. The zero-order valence-electron chi connectivity index (χ0n) is 17.9. The summed E-state index contributed by atoms with van der Waals surface area (Å²) in [6, 6.07) is 11.4. The SMILES string of the molecule is CNc1cc(-c2c[nH]c(=O)c(N[C@@H]3CCN(C(=O)/C=C/Cc4ccccn4)C3)c2)ccn1. The van der Waals surface area contributed by atoms with Gasteiger partial charge < -0.3 is 20.5 Å². The van der Waals surface area contributed by atoms with Crippen LogP contribution in [-0.2, 0) is 11.2 Å². The number of hydrogen-bond donors (Lipinski definition) is 3. The molecule has 32 heavy (non-hydrogen) atoms. The lowest BCUT2D eigenvalue weighted by molar-refractivity contribution is -0.125. The molecule has 1 atom stereocenters. The topological polar surface area (TPSA) is 103 Å². The van der Waals surface area contributed by atoms with E-state index in [2.05, 4.69) is 25.6 Å². The average molecular weight is 431 g/mol. The Morgan fingerprint density at radius 2 is 2.12 bits per heavy atom. The Morgan fingerprint density at radius 1 is 1.22 bits per heavy atom. The van der Waals surface area contributed by atoms with Crippen molar-refractivity contribution in [2.24, 2.45) is 0 Å². The predicted molar refractivity (Wildman–Crippen MR) is 126 cm³/mol. The van der Waals surface area contributed by atoms with Gasteiger partial charge >= 0.3 is 0 Å². The van der Waals surface area contributed by atoms with Gasteiger partial charge in [0.2, 0.25) is 5.91 Å². The Morgan fingerprint density at radius 3 is 2.94 bits per heavy atom. The Hall–Kier alpha value is -3.94. The minimum absolute atomic E-state index is 0.0183. The van der Waals surface area contributed by atoms with E-state index in [9.17, 15) is 9.59 Å². The van der Waals surface area contributed by atoms with Gasteiger partial charge in [0.15, 0.2) is 0 Å². The van der Waals surface area contributed by atoms with Crippen molar-refractivity contribution in [2.75, 3.05) is 30.8 Å². The quantitative estimate of drug-likeness (QED) is 0.498. The number of carbonyl (C=O) groups excluding carboxylic acids is 1. The van der Waals surface area contributed by atoms with Crippen LogP contribution >= 0.6 is 0 Å². The summed E-state index contributed by atoms with van der Waals surface area (Å²) in [5.74, 6) is 0.730. The van der Waals surface area contributed by atoms with Crippen molar-refractivity contribution >= 4 is 17.4 Å². The minimum Gasteiger partial charge on any atom is -0.376 e. The molecule has 3 N–H and O–H groups in total. The molecule has 8 heteroatoms. The zero-order valence-corrected chi connectivity index (χ0v) is 17.9. The number of anilines is 2. The second kappa shape index (κ2) is 9.91. The highest BCUT2D eigenvalue weighted by Gasteiger charge is 2.25. The van der Waals surface area contributed by atoms with Gasteiger partial charge in [-0.05, 0) is 48.4 Å². The molecule has 0 radical (unpaired) electrons. The first kappa shape index (κ1) is 21.3. The number of likely N-dealkylation sites (tertiary alicyclic amines) is 1. The summed E-state index contributed by atoms with van der Waals surface area (Å²) >= 11 is 0. The van der Waals surface area contributed by atoms with Crippen molar-refractivity contribution in [1.29, 1.82) is 0 Å². The second-order valence-electron chi connectivity index (χ2n) is 7.65. The zero-order chi connectivity index (χ0) is 22.3. The van der Waals surface area contributed by atoms with Crippen LogP contribution in [0.3, 0.4) is 0 Å². The van der Waals surface area contributed by atoms with Gasteiger partial charge in [-0.3, -0.25) is 14.6 Å². The van der Waals surface area contributed by atoms with Gasteiger partial charge in [0.1, 0.15) is 11.5 Å². The molecule has 4 heterocycles. The van der Waals surface area contributed by atoms with Crippen LogP contribution in [0.2, 0.25) is 0 Å². The van der Waals surface area contributed by atoms with Crippen molar-refractivity contribution in [1.82, 2.24) is 19.9 Å². The van der Waals surface area contributed by atoms with Crippen LogP contribution < -0.4 is 16.2 Å². The summed E-state index contributed by atoms with van der Waals surface area (Å²) in [6.07, 6.45) is 10.0. The molecule has 1 fully saturated rings. The lowest BCUT2D eigenvalue weighted by Gasteiger charge is -2.16. The predicted octanol–water partition coefficient (Wildman–Crippen LogP) is 2.69. The van der Waals surface area contributed by atoms with Gasteiger partial charge in [-0.25, -0.2) is 4.98 Å². The van der Waals surface area contributed by atoms with E-state index in [0.717, 1.165) is 29.1 Å². The third-order valence-corrected chi connectivity index (χ3v) is 5.43. The molecular weight excluding hydrogens is 404 g/mol. The maximum atomic E-state index is 12.5. The highest BCUT2D eigenvalue weighted by Crippen LogP contribution is 2.23. The summed E-state index contributed by atoms with van der Waals surface area (Å²) in [5, 5.41) is 6.33. The van der Waals surface area contributed by atoms with E-state index in [1.54, 1.807) is 29.6 Å². The molecule has 3 aromatic rings. The van der Waals surface area contributed by atoms with E-state index in [1.165, 1.54) is 0 Å². The average Bonchev–Trinajstić information content (AvgIpc) is 3.30. The largest absolute Gasteiger partial charge is 0.376 e. The molecule has 0 aliphatic carbocycles. The monoisotopic (exact) mass is 430 g/mol. The second-order valence-corrected chi connectivity index (χ2v) is 7.65. The normalized spacial score (nSPS) is 15.8. The van der Waals surface area contributed by atoms with Crippen LogP contribution in [0.25, 0.3) is 11.1 Å². The van der Waals surface area contributed by atoms with Crippen molar-refractivity contribution in [3.63, 3.8) is 0 Å². The number of hydrogen-bond acceptors (Lipinski definition) is 6. The van der Waals surface area contributed by atoms with E-state index in [0.29, 0.717) is 25.2 Å². The molecule has 1 amide bonds. The number of aromatic amines is 1. The van der Waals surface area contributed by atoms with Crippen LogP contribution in [-0.4, -0.2) is 51.9 Å². The molecule has 0 spiro atoms. The van der Waals surface area contributed by atoms with Crippen LogP contribution in [0.15, 0.2) is 71.9 Å². The Labute approximate surface area is 186 Å². The van der Waals surface area contributed by atoms with Gasteiger partial charge in [-0.2, -0.15) is 0 Å². The summed E-state index contributed by atoms with van der Waals surface area (Å²) in [4.78, 5) is 38.0. The number of H-pyrrole nitrogens is 1. The first-order valence-electron chi connectivity index (χ1n) is 10.6. The van der Waals surface area contributed by atoms with Crippen LogP contribution in [0.4, 0.5) is 11.5 Å². The number of rotatable bonds is 7. The van der Waals surface area contributed by atoms with Gasteiger partial charge in [0.25, 0.3) is 5.56 Å². The van der Waals surface area contributed by atoms with E-state index in [1.807, 2.05) is 49.5 Å². The van der Waals surface area contributed by atoms with Crippen molar-refractivity contribution in [3.05, 3.63) is 83.2 Å². The third kappa shape index (κ3) is 5.21. The fraction of sp³-hybridized carbons (Fsp3) is 0.250. The lowest BCUT2D eigenvalue weighted by Crippen LogP contribution is -2.31. The molecule has 164 valence electrons. The number of carbonyl (C=O) groups is 1. The van der Waals surface area contributed by atoms with Crippen LogP contribution in [0, 0.1) is 0 Å². The Balaban J connectivity index is 1.38. The molecule has 0 bridgehead atoms. The number of allylic oxidation sites excluding steroid dienone is 1. The highest BCUT2D eigenvalue weighted by atomic mass is 16.2. The number of pyridine rings is 3. The third-order valence-electron chi connectivity index (χ3n) is 5.43. The summed E-state index contributed by atoms with van der Waals surface area (Å²) in [7, 11) is 1.81. The van der Waals surface area contributed by atoms with Crippen LogP contribution in [0.1, 0.15) is 12.1 Å². The summed E-state index contributed by atoms with van der Waals surface area (Å²) in [6.45, 7) is 1.20. The first-order valence-corrected chi connectivity index (χ1v) is 10.6. The lowest BCUT2D eigenvalue weighted by atomic mass is 10.1. The van der Waals surface area contributed by atoms with Gasteiger partial charge in [-0.15, -0.1) is 0 Å². The van der Waals surface area contributed by atoms with Gasteiger partial charge in [0, 0.05) is 62.4 Å². The molecule has 0 unspecified atom stereocenters. The minimum atomic E-state index is -0.184. The molecule has 8 nitrogen and oxygen atoms in total. The Kier molecular flexibility index (Phi) is 6.60. The number of aromatic nitrogens is 3. The molecule has 1 aliphatic rings. The first-order chi connectivity index (χ1) is 15.6. The molecule has 0 saturated carbocycles. The van der Waals surface area contributed by atoms with E-state index < -0.39 is 0 Å². The highest BCUT2D eigenvalue weighted by molar-refractivity contribution is 5.88. The van der Waals surface area contributed by atoms with Crippen molar-refractivity contribution in [3.8, 4) is 11.1 Å². The smallest absolute Gasteiger partial charge is 0.271 e. The van der Waals surface area contributed by atoms with E-state index >= 15 is 0 Å². The molecule has 0 aromatic carbocycles. The number of nitrogens with zero attached hydrogens (tertiary/aromatic N) is 3. The summed E-state index contributed by atoms with van der Waals surface area (Å²) < 4.78 is 0. The number of nitrogens with one attached hydrogen (secondary N) is 3. The fourth-order valence-electron chi connectivity index (χ4n) is 3.71. The molecule has 1 saturated heterocycles. The Bertz CT molecular complexity index is 1160. The standard InChI is InChI=1S/C24H26N6O2/c1-25-22-14-17(8-11-27-22)18-13-21(24(32)28-15-18)29-20-9-12-30(16-20)23(31)7-4-6-19-5-2-3-10-26-19/h2-5,7-8,10-11,13-15,20,29H,6,9,12,16H2,1H3,(H,25,27)(H,28,32)/b7-4+/t20-/m1/s1. The molecular formula is C24H26N6O2. The van der Waals surface area contributed by atoms with Crippen molar-refractivity contribution < 1.29 is 4.79 Å². The van der Waals surface area contributed by atoms with Gasteiger partial charge in [-0.1, -0.05) is 12.1 Å². The molecule has 4 rings (SSSR count). The number of amides is 1. The molecule has 1 aliphatic heterocycles. The maximum Gasteiger partial charge on any atom is 0.271 e. The van der Waals surface area contributed by atoms with E-state index in [-0.39, 0.29) is 17.5 Å². The maximum absolute atomic E-state index is 12.5.